The zero-order valence-corrected chi connectivity index (χ0v) is 13.0. The summed E-state index contributed by atoms with van der Waals surface area (Å²) in [7, 11) is 0. The lowest BCUT2D eigenvalue weighted by molar-refractivity contribution is -0.116. The zero-order chi connectivity index (χ0) is 15.1. The van der Waals surface area contributed by atoms with E-state index in [4.69, 9.17) is 0 Å². The molecule has 2 aromatic rings. The number of benzene rings is 1. The van der Waals surface area contributed by atoms with Crippen LogP contribution in [0.1, 0.15) is 13.3 Å². The molecular weight excluding hydrogens is 308 g/mol. The van der Waals surface area contributed by atoms with Crippen LogP contribution in [-0.2, 0) is 9.59 Å². The number of nitrogens with one attached hydrogen (secondary N) is 2. The number of anilines is 2. The maximum absolute atomic E-state index is 11.8. The Hall–Kier alpha value is -1.93. The van der Waals surface area contributed by atoms with Gasteiger partial charge in [-0.05, 0) is 12.1 Å². The van der Waals surface area contributed by atoms with Crippen LogP contribution in [0.2, 0.25) is 0 Å². The molecular formula is C13H14N4O2S2. The van der Waals surface area contributed by atoms with Gasteiger partial charge in [-0.15, -0.1) is 10.2 Å². The van der Waals surface area contributed by atoms with Crippen LogP contribution in [0.4, 0.5) is 10.8 Å². The molecule has 1 heterocycles. The molecule has 0 saturated carbocycles. The number of hydrogen-bond donors (Lipinski definition) is 2. The quantitative estimate of drug-likeness (QED) is 0.631. The molecule has 1 aromatic heterocycles. The Morgan fingerprint density at radius 3 is 2.62 bits per heavy atom. The van der Waals surface area contributed by atoms with Crippen LogP contribution in [0, 0.1) is 0 Å². The maximum atomic E-state index is 11.8. The molecule has 2 rings (SSSR count). The molecule has 0 bridgehead atoms. The van der Waals surface area contributed by atoms with Crippen molar-refractivity contribution in [2.24, 2.45) is 0 Å². The van der Waals surface area contributed by atoms with Gasteiger partial charge >= 0.3 is 0 Å². The predicted octanol–water partition coefficient (Wildman–Crippen LogP) is 2.62. The Kier molecular flexibility index (Phi) is 5.70. The third-order valence-corrected chi connectivity index (χ3v) is 4.33. The molecule has 21 heavy (non-hydrogen) atoms. The summed E-state index contributed by atoms with van der Waals surface area (Å²) in [6, 6.07) is 9.25. The standard InChI is InChI=1S/C13H14N4O2S2/c1-2-10(18)15-12-16-17-13(21-12)20-8-11(19)14-9-6-4-3-5-7-9/h3-7H,2,8H2,1H3,(H,14,19)(H,15,16,18). The van der Waals surface area contributed by atoms with Gasteiger partial charge in [0.15, 0.2) is 4.34 Å². The number of para-hydroxylation sites is 1. The van der Waals surface area contributed by atoms with Gasteiger partial charge in [-0.3, -0.25) is 9.59 Å². The van der Waals surface area contributed by atoms with E-state index in [9.17, 15) is 9.59 Å². The van der Waals surface area contributed by atoms with Crippen molar-refractivity contribution in [3.05, 3.63) is 30.3 Å². The molecule has 0 aliphatic heterocycles. The molecule has 0 aliphatic rings. The average molecular weight is 322 g/mol. The smallest absolute Gasteiger partial charge is 0.234 e. The van der Waals surface area contributed by atoms with Crippen molar-refractivity contribution in [1.29, 1.82) is 0 Å². The Morgan fingerprint density at radius 2 is 1.90 bits per heavy atom. The van der Waals surface area contributed by atoms with Gasteiger partial charge in [0.25, 0.3) is 0 Å². The fourth-order valence-corrected chi connectivity index (χ4v) is 2.94. The fraction of sp³-hybridized carbons (Fsp3) is 0.231. The van der Waals surface area contributed by atoms with Crippen LogP contribution in [0.25, 0.3) is 0 Å². The molecule has 0 saturated heterocycles. The van der Waals surface area contributed by atoms with Gasteiger partial charge in [0.2, 0.25) is 16.9 Å². The van der Waals surface area contributed by atoms with Crippen molar-refractivity contribution < 1.29 is 9.59 Å². The van der Waals surface area contributed by atoms with Gasteiger partial charge in [-0.2, -0.15) is 0 Å². The molecule has 0 unspecified atom stereocenters. The summed E-state index contributed by atoms with van der Waals surface area (Å²) in [5.41, 5.74) is 0.760. The van der Waals surface area contributed by atoms with Crippen LogP contribution < -0.4 is 10.6 Å². The first kappa shape index (κ1) is 15.5. The largest absolute Gasteiger partial charge is 0.325 e. The van der Waals surface area contributed by atoms with E-state index in [0.29, 0.717) is 15.9 Å². The Bertz CT molecular complexity index is 616. The summed E-state index contributed by atoms with van der Waals surface area (Å²) in [5.74, 6) is 0.0238. The minimum atomic E-state index is -0.111. The van der Waals surface area contributed by atoms with Gasteiger partial charge in [0.05, 0.1) is 5.75 Å². The summed E-state index contributed by atoms with van der Waals surface area (Å²) >= 11 is 2.54. The van der Waals surface area contributed by atoms with Crippen LogP contribution in [0.3, 0.4) is 0 Å². The lowest BCUT2D eigenvalue weighted by Gasteiger charge is -2.02. The molecule has 0 radical (unpaired) electrons. The molecule has 0 fully saturated rings. The summed E-state index contributed by atoms with van der Waals surface area (Å²) in [6.45, 7) is 1.76. The second kappa shape index (κ2) is 7.75. The Morgan fingerprint density at radius 1 is 1.14 bits per heavy atom. The number of hydrogen-bond acceptors (Lipinski definition) is 6. The second-order valence-electron chi connectivity index (χ2n) is 3.98. The lowest BCUT2D eigenvalue weighted by atomic mass is 10.3. The summed E-state index contributed by atoms with van der Waals surface area (Å²) < 4.78 is 0.643. The van der Waals surface area contributed by atoms with E-state index < -0.39 is 0 Å². The normalized spacial score (nSPS) is 10.1. The highest BCUT2D eigenvalue weighted by molar-refractivity contribution is 8.01. The SMILES string of the molecule is CCC(=O)Nc1nnc(SCC(=O)Nc2ccccc2)s1. The minimum absolute atomic E-state index is 0.107. The molecule has 0 spiro atoms. The molecule has 2 N–H and O–H groups in total. The highest BCUT2D eigenvalue weighted by Gasteiger charge is 2.09. The third-order valence-electron chi connectivity index (χ3n) is 2.36. The highest BCUT2D eigenvalue weighted by atomic mass is 32.2. The first-order chi connectivity index (χ1) is 10.2. The van der Waals surface area contributed by atoms with Crippen LogP contribution >= 0.6 is 23.1 Å². The summed E-state index contributed by atoms with van der Waals surface area (Å²) in [6.07, 6.45) is 0.390. The van der Waals surface area contributed by atoms with E-state index in [2.05, 4.69) is 20.8 Å². The lowest BCUT2D eigenvalue weighted by Crippen LogP contribution is -2.13. The van der Waals surface area contributed by atoms with E-state index in [0.717, 1.165) is 5.69 Å². The van der Waals surface area contributed by atoms with Crippen molar-refractivity contribution in [3.8, 4) is 0 Å². The van der Waals surface area contributed by atoms with Crippen LogP contribution in [-0.4, -0.2) is 27.8 Å². The van der Waals surface area contributed by atoms with Crippen molar-refractivity contribution in [2.75, 3.05) is 16.4 Å². The van der Waals surface area contributed by atoms with Crippen molar-refractivity contribution >= 4 is 45.7 Å². The first-order valence-electron chi connectivity index (χ1n) is 6.28. The number of carbonyl (C=O) groups excluding carboxylic acids is 2. The van der Waals surface area contributed by atoms with Crippen LogP contribution in [0.5, 0.6) is 0 Å². The first-order valence-corrected chi connectivity index (χ1v) is 8.08. The molecule has 2 amide bonds. The number of aromatic nitrogens is 2. The van der Waals surface area contributed by atoms with Crippen molar-refractivity contribution in [1.82, 2.24) is 10.2 Å². The Labute approximate surface area is 130 Å². The van der Waals surface area contributed by atoms with E-state index in [1.54, 1.807) is 6.92 Å². The molecule has 110 valence electrons. The van der Waals surface area contributed by atoms with E-state index in [1.807, 2.05) is 30.3 Å². The molecule has 1 aromatic carbocycles. The number of rotatable bonds is 6. The second-order valence-corrected chi connectivity index (χ2v) is 6.18. The zero-order valence-electron chi connectivity index (χ0n) is 11.3. The molecule has 8 heteroatoms. The Balaban J connectivity index is 1.80. The third kappa shape index (κ3) is 5.16. The molecule has 0 aliphatic carbocycles. The summed E-state index contributed by atoms with van der Waals surface area (Å²) in [5, 5.41) is 13.6. The summed E-state index contributed by atoms with van der Waals surface area (Å²) in [4.78, 5) is 23.0. The van der Waals surface area contributed by atoms with E-state index in [-0.39, 0.29) is 17.6 Å². The average Bonchev–Trinajstić information content (AvgIpc) is 2.93. The van der Waals surface area contributed by atoms with Gasteiger partial charge in [-0.1, -0.05) is 48.2 Å². The number of thioether (sulfide) groups is 1. The maximum Gasteiger partial charge on any atom is 0.234 e. The van der Waals surface area contributed by atoms with Crippen molar-refractivity contribution in [2.45, 2.75) is 17.7 Å². The monoisotopic (exact) mass is 322 g/mol. The van der Waals surface area contributed by atoms with Gasteiger partial charge in [0.1, 0.15) is 0 Å². The molecule has 6 nitrogen and oxygen atoms in total. The topological polar surface area (TPSA) is 84.0 Å². The van der Waals surface area contributed by atoms with Crippen molar-refractivity contribution in [3.63, 3.8) is 0 Å². The number of nitrogens with zero attached hydrogens (tertiary/aromatic N) is 2. The predicted molar refractivity (Wildman–Crippen MR) is 84.6 cm³/mol. The van der Waals surface area contributed by atoms with E-state index in [1.165, 1.54) is 23.1 Å². The molecule has 0 atom stereocenters. The van der Waals surface area contributed by atoms with Gasteiger partial charge < -0.3 is 10.6 Å². The fourth-order valence-electron chi connectivity index (χ4n) is 1.37. The van der Waals surface area contributed by atoms with Crippen LogP contribution in [0.15, 0.2) is 34.7 Å². The number of carbonyl (C=O) groups is 2. The minimum Gasteiger partial charge on any atom is -0.325 e. The van der Waals surface area contributed by atoms with E-state index >= 15 is 0 Å². The highest BCUT2D eigenvalue weighted by Crippen LogP contribution is 2.25. The van der Waals surface area contributed by atoms with Gasteiger partial charge in [0, 0.05) is 12.1 Å². The number of amides is 2. The van der Waals surface area contributed by atoms with Gasteiger partial charge in [-0.25, -0.2) is 0 Å².